The van der Waals surface area contributed by atoms with Gasteiger partial charge < -0.3 is 5.73 Å². The molecule has 0 unspecified atom stereocenters. The Hall–Kier alpha value is -2.01. The second kappa shape index (κ2) is 4.47. The molecular formula is C15H16N2. The highest BCUT2D eigenvalue weighted by Gasteiger charge is 2.13. The number of nitrogen functional groups attached to an aromatic ring is 1. The molecular weight excluding hydrogens is 208 g/mol. The summed E-state index contributed by atoms with van der Waals surface area (Å²) in [6, 6.07) is 10.3. The molecule has 0 aromatic heterocycles. The monoisotopic (exact) mass is 224 g/mol. The quantitative estimate of drug-likeness (QED) is 0.793. The second-order valence-corrected chi connectivity index (χ2v) is 4.30. The summed E-state index contributed by atoms with van der Waals surface area (Å²) >= 11 is 0. The first-order valence-electron chi connectivity index (χ1n) is 5.90. The molecule has 2 nitrogen and oxygen atoms in total. The maximum absolute atomic E-state index is 9.22. The van der Waals surface area contributed by atoms with Crippen LogP contribution in [0.1, 0.15) is 30.0 Å². The van der Waals surface area contributed by atoms with E-state index in [9.17, 15) is 5.26 Å². The van der Waals surface area contributed by atoms with Crippen molar-refractivity contribution in [3.63, 3.8) is 0 Å². The Kier molecular flexibility index (Phi) is 3.01. The topological polar surface area (TPSA) is 49.8 Å². The number of fused-ring (bicyclic) bond motifs is 1. The van der Waals surface area contributed by atoms with Gasteiger partial charge in [0.25, 0.3) is 0 Å². The SMILES string of the molecule is CCCc1c(C)c(C#N)c(N)c2ccccc12. The van der Waals surface area contributed by atoms with E-state index in [1.54, 1.807) is 0 Å². The van der Waals surface area contributed by atoms with Crippen molar-refractivity contribution in [3.8, 4) is 6.07 Å². The Labute approximate surface area is 102 Å². The van der Waals surface area contributed by atoms with Crippen LogP contribution < -0.4 is 5.73 Å². The van der Waals surface area contributed by atoms with E-state index < -0.39 is 0 Å². The zero-order valence-corrected chi connectivity index (χ0v) is 10.2. The van der Waals surface area contributed by atoms with Gasteiger partial charge in [-0.1, -0.05) is 37.6 Å². The lowest BCUT2D eigenvalue weighted by Crippen LogP contribution is -2.01. The van der Waals surface area contributed by atoms with Crippen molar-refractivity contribution >= 4 is 16.5 Å². The fourth-order valence-electron chi connectivity index (χ4n) is 2.39. The van der Waals surface area contributed by atoms with E-state index in [2.05, 4.69) is 19.1 Å². The molecule has 0 bridgehead atoms. The highest BCUT2D eigenvalue weighted by atomic mass is 14.6. The number of benzene rings is 2. The van der Waals surface area contributed by atoms with Gasteiger partial charge in [-0.3, -0.25) is 0 Å². The van der Waals surface area contributed by atoms with Crippen LogP contribution in [0.3, 0.4) is 0 Å². The van der Waals surface area contributed by atoms with Gasteiger partial charge in [0.05, 0.1) is 11.3 Å². The Bertz CT molecular complexity index is 606. The average Bonchev–Trinajstić information content (AvgIpc) is 2.35. The van der Waals surface area contributed by atoms with E-state index in [0.29, 0.717) is 11.3 Å². The number of hydrogen-bond donors (Lipinski definition) is 1. The molecule has 2 heteroatoms. The van der Waals surface area contributed by atoms with Crippen molar-refractivity contribution in [3.05, 3.63) is 41.0 Å². The molecule has 0 aliphatic rings. The molecule has 0 aliphatic carbocycles. The van der Waals surface area contributed by atoms with Gasteiger partial charge in [-0.15, -0.1) is 0 Å². The molecule has 0 radical (unpaired) electrons. The number of nitrogens with zero attached hydrogens (tertiary/aromatic N) is 1. The molecule has 0 amide bonds. The molecule has 2 rings (SSSR count). The first-order chi connectivity index (χ1) is 8.20. The van der Waals surface area contributed by atoms with Crippen LogP contribution in [0.5, 0.6) is 0 Å². The second-order valence-electron chi connectivity index (χ2n) is 4.30. The molecule has 0 aliphatic heterocycles. The van der Waals surface area contributed by atoms with Crippen LogP contribution in [0.2, 0.25) is 0 Å². The normalized spacial score (nSPS) is 10.4. The van der Waals surface area contributed by atoms with Crippen LogP contribution in [-0.4, -0.2) is 0 Å². The maximum atomic E-state index is 9.22. The molecule has 0 saturated heterocycles. The first-order valence-corrected chi connectivity index (χ1v) is 5.90. The van der Waals surface area contributed by atoms with E-state index in [1.165, 1.54) is 10.9 Å². The number of anilines is 1. The van der Waals surface area contributed by atoms with Gasteiger partial charge in [-0.05, 0) is 29.9 Å². The summed E-state index contributed by atoms with van der Waals surface area (Å²) in [4.78, 5) is 0. The molecule has 86 valence electrons. The number of nitrogens with two attached hydrogens (primary N) is 1. The maximum Gasteiger partial charge on any atom is 0.102 e. The zero-order valence-electron chi connectivity index (χ0n) is 10.2. The lowest BCUT2D eigenvalue weighted by atomic mass is 9.91. The third kappa shape index (κ3) is 1.74. The predicted molar refractivity (Wildman–Crippen MR) is 71.8 cm³/mol. The fourth-order valence-corrected chi connectivity index (χ4v) is 2.39. The summed E-state index contributed by atoms with van der Waals surface area (Å²) in [5.74, 6) is 0. The van der Waals surface area contributed by atoms with Gasteiger partial charge in [-0.2, -0.15) is 5.26 Å². The molecule has 0 spiro atoms. The Morgan fingerprint density at radius 2 is 1.88 bits per heavy atom. The lowest BCUT2D eigenvalue weighted by Gasteiger charge is -2.14. The van der Waals surface area contributed by atoms with Crippen molar-refractivity contribution in [1.29, 1.82) is 5.26 Å². The summed E-state index contributed by atoms with van der Waals surface area (Å²) < 4.78 is 0. The summed E-state index contributed by atoms with van der Waals surface area (Å²) in [6.45, 7) is 4.14. The van der Waals surface area contributed by atoms with Gasteiger partial charge in [0.1, 0.15) is 6.07 Å². The van der Waals surface area contributed by atoms with Crippen LogP contribution in [0.4, 0.5) is 5.69 Å². The van der Waals surface area contributed by atoms with E-state index in [4.69, 9.17) is 5.73 Å². The molecule has 0 heterocycles. The molecule has 0 atom stereocenters. The summed E-state index contributed by atoms with van der Waals surface area (Å²) in [5.41, 5.74) is 9.61. The number of hydrogen-bond acceptors (Lipinski definition) is 2. The van der Waals surface area contributed by atoms with E-state index in [-0.39, 0.29) is 0 Å². The van der Waals surface area contributed by atoms with Gasteiger partial charge in [0.2, 0.25) is 0 Å². The first kappa shape index (κ1) is 11.5. The minimum absolute atomic E-state index is 0.612. The number of rotatable bonds is 2. The predicted octanol–water partition coefficient (Wildman–Crippen LogP) is 3.55. The summed E-state index contributed by atoms with van der Waals surface area (Å²) in [7, 11) is 0. The number of nitriles is 1. The third-order valence-electron chi connectivity index (χ3n) is 3.25. The minimum atomic E-state index is 0.612. The highest BCUT2D eigenvalue weighted by molar-refractivity contribution is 5.99. The van der Waals surface area contributed by atoms with Gasteiger partial charge in [0.15, 0.2) is 0 Å². The highest BCUT2D eigenvalue weighted by Crippen LogP contribution is 2.32. The Morgan fingerprint density at radius 1 is 1.24 bits per heavy atom. The Morgan fingerprint density at radius 3 is 2.47 bits per heavy atom. The molecule has 17 heavy (non-hydrogen) atoms. The van der Waals surface area contributed by atoms with Crippen LogP contribution >= 0.6 is 0 Å². The molecule has 0 fully saturated rings. The molecule has 2 aromatic carbocycles. The Balaban J connectivity index is 2.91. The van der Waals surface area contributed by atoms with E-state index >= 15 is 0 Å². The number of aryl methyl sites for hydroxylation is 1. The molecule has 2 N–H and O–H groups in total. The van der Waals surface area contributed by atoms with Gasteiger partial charge in [-0.25, -0.2) is 0 Å². The van der Waals surface area contributed by atoms with Crippen molar-refractivity contribution < 1.29 is 0 Å². The lowest BCUT2D eigenvalue weighted by molar-refractivity contribution is 0.920. The van der Waals surface area contributed by atoms with Crippen molar-refractivity contribution in [2.45, 2.75) is 26.7 Å². The van der Waals surface area contributed by atoms with Crippen LogP contribution in [0.25, 0.3) is 10.8 Å². The molecule has 0 saturated carbocycles. The largest absolute Gasteiger partial charge is 0.397 e. The van der Waals surface area contributed by atoms with E-state index in [0.717, 1.165) is 23.8 Å². The van der Waals surface area contributed by atoms with Gasteiger partial charge in [0, 0.05) is 5.39 Å². The average molecular weight is 224 g/mol. The van der Waals surface area contributed by atoms with Crippen molar-refractivity contribution in [2.75, 3.05) is 5.73 Å². The summed E-state index contributed by atoms with van der Waals surface area (Å²) in [6.07, 6.45) is 2.06. The van der Waals surface area contributed by atoms with Gasteiger partial charge >= 0.3 is 0 Å². The smallest absolute Gasteiger partial charge is 0.102 e. The van der Waals surface area contributed by atoms with E-state index in [1.807, 2.05) is 25.1 Å². The van der Waals surface area contributed by atoms with Crippen LogP contribution in [-0.2, 0) is 6.42 Å². The van der Waals surface area contributed by atoms with Crippen molar-refractivity contribution in [2.24, 2.45) is 0 Å². The molecule has 2 aromatic rings. The van der Waals surface area contributed by atoms with Crippen LogP contribution in [0, 0.1) is 18.3 Å². The van der Waals surface area contributed by atoms with Crippen molar-refractivity contribution in [1.82, 2.24) is 0 Å². The summed E-state index contributed by atoms with van der Waals surface area (Å²) in [5, 5.41) is 11.4. The minimum Gasteiger partial charge on any atom is -0.397 e. The third-order valence-corrected chi connectivity index (χ3v) is 3.25. The standard InChI is InChI=1S/C15H16N2/c1-3-6-11-10(2)14(9-16)15(17)13-8-5-4-7-12(11)13/h4-5,7-8H,3,6,17H2,1-2H3. The van der Waals surface area contributed by atoms with Crippen LogP contribution in [0.15, 0.2) is 24.3 Å². The fraction of sp³-hybridized carbons (Fsp3) is 0.267. The zero-order chi connectivity index (χ0) is 12.4.